The summed E-state index contributed by atoms with van der Waals surface area (Å²) in [6, 6.07) is 5.39. The van der Waals surface area contributed by atoms with Crippen molar-refractivity contribution in [1.29, 1.82) is 0 Å². The van der Waals surface area contributed by atoms with Gasteiger partial charge >= 0.3 is 5.97 Å². The van der Waals surface area contributed by atoms with Gasteiger partial charge in [0.05, 0.1) is 18.8 Å². The van der Waals surface area contributed by atoms with Gasteiger partial charge in [-0.2, -0.15) is 8.78 Å². The zero-order valence-corrected chi connectivity index (χ0v) is 12.3. The number of carbonyl (C=O) groups excluding carboxylic acids is 1. The van der Waals surface area contributed by atoms with Crippen LogP contribution in [-0.4, -0.2) is 19.2 Å². The third-order valence-corrected chi connectivity index (χ3v) is 3.40. The fourth-order valence-corrected chi connectivity index (χ4v) is 2.15. The van der Waals surface area contributed by atoms with Crippen LogP contribution in [0.2, 0.25) is 0 Å². The topological polar surface area (TPSA) is 44.8 Å². The van der Waals surface area contributed by atoms with E-state index in [1.807, 2.05) is 0 Å². The van der Waals surface area contributed by atoms with Crippen molar-refractivity contribution in [3.63, 3.8) is 0 Å². The van der Waals surface area contributed by atoms with Crippen LogP contribution in [-0.2, 0) is 9.47 Å². The highest BCUT2D eigenvalue weighted by molar-refractivity contribution is 5.91. The summed E-state index contributed by atoms with van der Waals surface area (Å²) in [5, 5.41) is 0. The minimum atomic E-state index is -2.34. The van der Waals surface area contributed by atoms with Gasteiger partial charge in [0.1, 0.15) is 0 Å². The summed E-state index contributed by atoms with van der Waals surface area (Å²) in [4.78, 5) is 11.9. The number of carbonyl (C=O) groups is 1. The molecule has 0 N–H and O–H groups in total. The third-order valence-electron chi connectivity index (χ3n) is 3.40. The maximum absolute atomic E-state index is 13.5. The van der Waals surface area contributed by atoms with Gasteiger partial charge in [0.25, 0.3) is 0 Å². The minimum Gasteiger partial charge on any atom is -0.416 e. The molecule has 4 nitrogen and oxygen atoms in total. The Labute approximate surface area is 137 Å². The fourth-order valence-electron chi connectivity index (χ4n) is 2.15. The molecule has 0 bridgehead atoms. The van der Waals surface area contributed by atoms with Crippen LogP contribution < -0.4 is 4.74 Å². The third kappa shape index (κ3) is 3.20. The van der Waals surface area contributed by atoms with E-state index in [0.717, 1.165) is 0 Å². The van der Waals surface area contributed by atoms with Gasteiger partial charge in [-0.3, -0.25) is 0 Å². The first-order valence-electron chi connectivity index (χ1n) is 6.97. The van der Waals surface area contributed by atoms with Crippen LogP contribution in [0.4, 0.5) is 22.0 Å². The zero-order valence-electron chi connectivity index (χ0n) is 12.3. The number of esters is 1. The van der Waals surface area contributed by atoms with Gasteiger partial charge in [-0.1, -0.05) is 12.1 Å². The van der Waals surface area contributed by atoms with E-state index in [2.05, 4.69) is 4.74 Å². The molecule has 25 heavy (non-hydrogen) atoms. The van der Waals surface area contributed by atoms with Gasteiger partial charge < -0.3 is 14.2 Å². The van der Waals surface area contributed by atoms with Crippen LogP contribution >= 0.6 is 0 Å². The lowest BCUT2D eigenvalue weighted by Crippen LogP contribution is -2.14. The molecule has 1 saturated heterocycles. The predicted molar refractivity (Wildman–Crippen MR) is 72.3 cm³/mol. The van der Waals surface area contributed by atoms with Crippen molar-refractivity contribution in [3.8, 4) is 5.75 Å². The average molecular weight is 360 g/mol. The standard InChI is InChI=1S/C16H9F5O4/c17-9-10(18)12(20)14(13(21)11(9)19)25-15(22)7-1-3-8(4-2-7)16-23-5-6-24-16/h1-4,16H,5-6H2. The van der Waals surface area contributed by atoms with E-state index >= 15 is 0 Å². The molecule has 2 aromatic rings. The molecule has 1 heterocycles. The van der Waals surface area contributed by atoms with Crippen LogP contribution in [0.15, 0.2) is 24.3 Å². The summed E-state index contributed by atoms with van der Waals surface area (Å²) < 4.78 is 81.0. The molecule has 9 heteroatoms. The van der Waals surface area contributed by atoms with Crippen molar-refractivity contribution in [1.82, 2.24) is 0 Å². The maximum atomic E-state index is 13.5. The lowest BCUT2D eigenvalue weighted by molar-refractivity contribution is -0.0441. The molecule has 0 radical (unpaired) electrons. The largest absolute Gasteiger partial charge is 0.416 e. The monoisotopic (exact) mass is 360 g/mol. The fraction of sp³-hybridized carbons (Fsp3) is 0.188. The Morgan fingerprint density at radius 1 is 0.840 bits per heavy atom. The van der Waals surface area contributed by atoms with Gasteiger partial charge in [-0.05, 0) is 12.1 Å². The SMILES string of the molecule is O=C(Oc1c(F)c(F)c(F)c(F)c1F)c1ccc(C2OCCO2)cc1. The second-order valence-electron chi connectivity index (χ2n) is 4.98. The second kappa shape index (κ2) is 6.77. The number of benzene rings is 2. The van der Waals surface area contributed by atoms with Gasteiger partial charge in [0.2, 0.25) is 34.8 Å². The van der Waals surface area contributed by atoms with E-state index < -0.39 is 47.1 Å². The second-order valence-corrected chi connectivity index (χ2v) is 4.98. The Balaban J connectivity index is 1.83. The number of hydrogen-bond acceptors (Lipinski definition) is 4. The zero-order chi connectivity index (χ0) is 18.1. The van der Waals surface area contributed by atoms with Crippen LogP contribution in [0.1, 0.15) is 22.2 Å². The molecule has 0 aromatic heterocycles. The van der Waals surface area contributed by atoms with Crippen molar-refractivity contribution in [2.45, 2.75) is 6.29 Å². The van der Waals surface area contributed by atoms with Crippen LogP contribution in [0.25, 0.3) is 0 Å². The average Bonchev–Trinajstić information content (AvgIpc) is 3.16. The molecule has 132 valence electrons. The summed E-state index contributed by atoms with van der Waals surface area (Å²) in [5.41, 5.74) is 0.427. The highest BCUT2D eigenvalue weighted by atomic mass is 19.2. The molecule has 1 fully saturated rings. The molecule has 1 aliphatic rings. The summed E-state index contributed by atoms with van der Waals surface area (Å²) in [7, 11) is 0. The number of rotatable bonds is 3. The van der Waals surface area contributed by atoms with Crippen LogP contribution in [0.5, 0.6) is 5.75 Å². The highest BCUT2D eigenvalue weighted by Crippen LogP contribution is 2.30. The number of ether oxygens (including phenoxy) is 3. The van der Waals surface area contributed by atoms with Gasteiger partial charge in [-0.15, -0.1) is 0 Å². The molecule has 0 saturated carbocycles. The van der Waals surface area contributed by atoms with E-state index in [1.165, 1.54) is 24.3 Å². The lowest BCUT2D eigenvalue weighted by atomic mass is 10.1. The maximum Gasteiger partial charge on any atom is 0.343 e. The highest BCUT2D eigenvalue weighted by Gasteiger charge is 2.29. The first-order chi connectivity index (χ1) is 11.9. The van der Waals surface area contributed by atoms with E-state index in [-0.39, 0.29) is 5.56 Å². The van der Waals surface area contributed by atoms with E-state index in [0.29, 0.717) is 18.8 Å². The Hall–Kier alpha value is -2.52. The summed E-state index contributed by atoms with van der Waals surface area (Å²) in [6.45, 7) is 0.823. The molecular weight excluding hydrogens is 351 g/mol. The van der Waals surface area contributed by atoms with Crippen molar-refractivity contribution in [2.24, 2.45) is 0 Å². The first kappa shape index (κ1) is 17.3. The molecule has 1 aliphatic heterocycles. The molecule has 0 atom stereocenters. The Bertz CT molecular complexity index is 787. The summed E-state index contributed by atoms with van der Waals surface area (Å²) >= 11 is 0. The van der Waals surface area contributed by atoms with Gasteiger partial charge in [0.15, 0.2) is 6.29 Å². The van der Waals surface area contributed by atoms with Crippen LogP contribution in [0.3, 0.4) is 0 Å². The molecule has 3 rings (SSSR count). The Morgan fingerprint density at radius 3 is 1.84 bits per heavy atom. The number of hydrogen-bond donors (Lipinski definition) is 0. The Morgan fingerprint density at radius 2 is 1.32 bits per heavy atom. The molecule has 0 amide bonds. The quantitative estimate of drug-likeness (QED) is 0.276. The van der Waals surface area contributed by atoms with E-state index in [1.54, 1.807) is 0 Å². The molecule has 0 aliphatic carbocycles. The Kier molecular flexibility index (Phi) is 4.69. The first-order valence-corrected chi connectivity index (χ1v) is 6.97. The van der Waals surface area contributed by atoms with Crippen molar-refractivity contribution in [2.75, 3.05) is 13.2 Å². The number of halogens is 5. The van der Waals surface area contributed by atoms with E-state index in [4.69, 9.17) is 9.47 Å². The lowest BCUT2D eigenvalue weighted by Gasteiger charge is -2.11. The normalized spacial score (nSPS) is 14.8. The van der Waals surface area contributed by atoms with Crippen molar-refractivity contribution < 1.29 is 41.0 Å². The van der Waals surface area contributed by atoms with Gasteiger partial charge in [0, 0.05) is 5.56 Å². The molecule has 0 spiro atoms. The van der Waals surface area contributed by atoms with Crippen LogP contribution in [0, 0.1) is 29.1 Å². The molecular formula is C16H9F5O4. The van der Waals surface area contributed by atoms with Crippen molar-refractivity contribution >= 4 is 5.97 Å². The predicted octanol–water partition coefficient (Wildman–Crippen LogP) is 3.65. The van der Waals surface area contributed by atoms with Crippen molar-refractivity contribution in [3.05, 3.63) is 64.5 Å². The van der Waals surface area contributed by atoms with Gasteiger partial charge in [-0.25, -0.2) is 18.0 Å². The summed E-state index contributed by atoms with van der Waals surface area (Å²) in [5.74, 6) is -14.1. The minimum absolute atomic E-state index is 0.161. The summed E-state index contributed by atoms with van der Waals surface area (Å²) in [6.07, 6.45) is -0.597. The smallest absolute Gasteiger partial charge is 0.343 e. The molecule has 0 unspecified atom stereocenters. The van der Waals surface area contributed by atoms with E-state index in [9.17, 15) is 26.7 Å². The molecule has 2 aromatic carbocycles.